The fourth-order valence-electron chi connectivity index (χ4n) is 1.78. The van der Waals surface area contributed by atoms with Gasteiger partial charge in [0, 0.05) is 6.20 Å². The van der Waals surface area contributed by atoms with Gasteiger partial charge in [-0.3, -0.25) is 9.46 Å². The molecule has 10 nitrogen and oxygen atoms in total. The van der Waals surface area contributed by atoms with Crippen molar-refractivity contribution < 1.29 is 29.3 Å². The van der Waals surface area contributed by atoms with Crippen LogP contribution in [0.1, 0.15) is 6.23 Å². The summed E-state index contributed by atoms with van der Waals surface area (Å²) in [5, 5.41) is 9.95. The van der Waals surface area contributed by atoms with Gasteiger partial charge in [-0.25, -0.2) is 4.79 Å². The Bertz CT molecular complexity index is 531. The zero-order valence-corrected chi connectivity index (χ0v) is 11.1. The normalized spacial score (nSPS) is 26.9. The van der Waals surface area contributed by atoms with E-state index in [1.807, 2.05) is 0 Å². The Kier molecular flexibility index (Phi) is 4.35. The molecule has 1 aliphatic heterocycles. The highest BCUT2D eigenvalue weighted by atomic mass is 31.2. The summed E-state index contributed by atoms with van der Waals surface area (Å²) in [7, 11) is -4.59. The first-order valence-corrected chi connectivity index (χ1v) is 7.33. The summed E-state index contributed by atoms with van der Waals surface area (Å²) < 4.78 is 11.0. The van der Waals surface area contributed by atoms with E-state index in [9.17, 15) is 19.7 Å². The zero-order valence-electron chi connectivity index (χ0n) is 10.2. The van der Waals surface area contributed by atoms with Crippen LogP contribution in [0, 0.1) is 0 Å². The van der Waals surface area contributed by atoms with Crippen molar-refractivity contribution in [1.29, 1.82) is 0 Å². The van der Waals surface area contributed by atoms with Gasteiger partial charge < -0.3 is 30.1 Å². The molecule has 0 amide bonds. The summed E-state index contributed by atoms with van der Waals surface area (Å²) in [6.45, 7) is -0.136. The maximum absolute atomic E-state index is 11.6. The van der Waals surface area contributed by atoms with E-state index < -0.39 is 38.4 Å². The quantitative estimate of drug-likeness (QED) is 0.479. The third-order valence-electron chi connectivity index (χ3n) is 2.68. The number of aliphatic hydroxyl groups is 1. The molecule has 1 aromatic rings. The van der Waals surface area contributed by atoms with E-state index in [0.717, 1.165) is 4.57 Å². The van der Waals surface area contributed by atoms with Gasteiger partial charge in [-0.2, -0.15) is 4.98 Å². The topological polar surface area (TPSA) is 166 Å². The number of aliphatic hydroxyl groups excluding tert-OH is 1. The van der Waals surface area contributed by atoms with Crippen LogP contribution in [-0.2, 0) is 9.47 Å². The predicted octanol–water partition coefficient (Wildman–Crippen LogP) is -3.47. The molecule has 1 aromatic heterocycles. The van der Waals surface area contributed by atoms with Gasteiger partial charge in [-0.15, -0.1) is 0 Å². The van der Waals surface area contributed by atoms with Gasteiger partial charge in [0.05, 0.1) is 14.6 Å². The minimum atomic E-state index is -4.59. The first kappa shape index (κ1) is 15.3. The number of nitrogen functional groups attached to an aromatic ring is 1. The molecule has 3 atom stereocenters. The molecular weight excluding hydrogens is 293 g/mol. The number of anilines is 1. The molecule has 2 rings (SSSR count). The number of rotatable bonds is 4. The number of ether oxygens (including phenoxy) is 2. The Labute approximate surface area is 113 Å². The molecule has 0 aromatic carbocycles. The summed E-state index contributed by atoms with van der Waals surface area (Å²) in [5.74, 6) is 0.0270. The number of nitrogens with two attached hydrogens (primary N) is 1. The molecule has 1 saturated heterocycles. The molecule has 11 heteroatoms. The van der Waals surface area contributed by atoms with E-state index in [1.165, 1.54) is 12.3 Å². The van der Waals surface area contributed by atoms with Crippen LogP contribution in [0.3, 0.4) is 0 Å². The van der Waals surface area contributed by atoms with Gasteiger partial charge in [0.15, 0.2) is 12.6 Å². The van der Waals surface area contributed by atoms with Crippen LogP contribution in [0.2, 0.25) is 0 Å². The van der Waals surface area contributed by atoms with E-state index in [-0.39, 0.29) is 12.4 Å². The number of nitrogens with zero attached hydrogens (tertiary/aromatic N) is 2. The van der Waals surface area contributed by atoms with Crippen molar-refractivity contribution in [2.45, 2.75) is 18.4 Å². The van der Waals surface area contributed by atoms with Gasteiger partial charge in [-0.1, -0.05) is 0 Å². The standard InChI is InChI=1S/C9H14N3O7P/c10-6-1-2-12(9(14)11-6)8-7(13)5(3-18-8)19-4-20(15,16)17/h1-2,5,7-8,13H,3-4H2,(H2,10,11,14)(H2,15,16,17)/p-1/t5-,7+,8+/m0/s1. The fourth-order valence-corrected chi connectivity index (χ4v) is 2.16. The van der Waals surface area contributed by atoms with Crippen molar-refractivity contribution >= 4 is 13.8 Å². The van der Waals surface area contributed by atoms with Crippen molar-refractivity contribution in [3.05, 3.63) is 22.7 Å². The molecule has 112 valence electrons. The van der Waals surface area contributed by atoms with Crippen molar-refractivity contribution in [2.24, 2.45) is 0 Å². The van der Waals surface area contributed by atoms with Crippen LogP contribution >= 0.6 is 7.94 Å². The second kappa shape index (κ2) is 5.70. The Morgan fingerprint density at radius 1 is 1.65 bits per heavy atom. The van der Waals surface area contributed by atoms with Crippen molar-refractivity contribution in [2.75, 3.05) is 18.7 Å². The van der Waals surface area contributed by atoms with E-state index in [1.54, 1.807) is 0 Å². The van der Waals surface area contributed by atoms with Crippen molar-refractivity contribution in [3.8, 4) is 0 Å². The first-order chi connectivity index (χ1) is 9.28. The van der Waals surface area contributed by atoms with Crippen LogP contribution in [0.15, 0.2) is 17.1 Å². The third kappa shape index (κ3) is 3.49. The van der Waals surface area contributed by atoms with E-state index in [4.69, 9.17) is 20.1 Å². The van der Waals surface area contributed by atoms with Gasteiger partial charge in [0.2, 0.25) is 0 Å². The highest BCUT2D eigenvalue weighted by Crippen LogP contribution is 2.35. The Balaban J connectivity index is 2.07. The summed E-state index contributed by atoms with van der Waals surface area (Å²) in [6.07, 6.45) is -2.99. The maximum Gasteiger partial charge on any atom is 0.351 e. The number of aromatic nitrogens is 2. The largest absolute Gasteiger partial charge is 0.658 e. The average Bonchev–Trinajstić information content (AvgIpc) is 2.67. The molecule has 1 fully saturated rings. The lowest BCUT2D eigenvalue weighted by Gasteiger charge is -2.28. The fraction of sp³-hybridized carbons (Fsp3) is 0.556. The molecule has 1 aliphatic rings. The highest BCUT2D eigenvalue weighted by molar-refractivity contribution is 7.55. The van der Waals surface area contributed by atoms with Crippen LogP contribution < -0.4 is 21.2 Å². The Morgan fingerprint density at radius 2 is 2.35 bits per heavy atom. The lowest BCUT2D eigenvalue weighted by Crippen LogP contribution is -2.37. The molecule has 2 heterocycles. The van der Waals surface area contributed by atoms with Crippen LogP contribution in [-0.4, -0.2) is 44.7 Å². The monoisotopic (exact) mass is 306 g/mol. The summed E-state index contributed by atoms with van der Waals surface area (Å²) in [6, 6.07) is 1.35. The second-order valence-electron chi connectivity index (χ2n) is 4.23. The highest BCUT2D eigenvalue weighted by Gasteiger charge is 2.39. The van der Waals surface area contributed by atoms with Gasteiger partial charge in [0.25, 0.3) is 0 Å². The molecule has 0 aliphatic carbocycles. The van der Waals surface area contributed by atoms with E-state index in [0.29, 0.717) is 0 Å². The van der Waals surface area contributed by atoms with E-state index in [2.05, 4.69) is 4.98 Å². The van der Waals surface area contributed by atoms with Crippen molar-refractivity contribution in [1.82, 2.24) is 9.55 Å². The van der Waals surface area contributed by atoms with Crippen LogP contribution in [0.5, 0.6) is 0 Å². The van der Waals surface area contributed by atoms with Crippen LogP contribution in [0.4, 0.5) is 5.82 Å². The van der Waals surface area contributed by atoms with Gasteiger partial charge in [-0.05, 0) is 6.07 Å². The van der Waals surface area contributed by atoms with Crippen molar-refractivity contribution in [3.63, 3.8) is 0 Å². The predicted molar refractivity (Wildman–Crippen MR) is 62.8 cm³/mol. The first-order valence-electron chi connectivity index (χ1n) is 5.57. The third-order valence-corrected chi connectivity index (χ3v) is 3.16. The molecule has 0 spiro atoms. The summed E-state index contributed by atoms with van der Waals surface area (Å²) >= 11 is 0. The molecule has 0 bridgehead atoms. The number of hydrogen-bond donors (Lipinski definition) is 3. The van der Waals surface area contributed by atoms with E-state index >= 15 is 0 Å². The zero-order chi connectivity index (χ0) is 14.9. The lowest BCUT2D eigenvalue weighted by molar-refractivity contribution is -0.337. The molecule has 20 heavy (non-hydrogen) atoms. The molecule has 4 N–H and O–H groups in total. The minimum absolute atomic E-state index is 0.0270. The van der Waals surface area contributed by atoms with Crippen LogP contribution in [0.25, 0.3) is 0 Å². The Hall–Kier alpha value is -1.13. The summed E-state index contributed by atoms with van der Waals surface area (Å²) in [5.41, 5.74) is 4.62. The van der Waals surface area contributed by atoms with Gasteiger partial charge >= 0.3 is 5.69 Å². The Morgan fingerprint density at radius 3 is 2.95 bits per heavy atom. The number of hydrogen-bond acceptors (Lipinski definition) is 9. The molecule has 0 saturated carbocycles. The van der Waals surface area contributed by atoms with Gasteiger partial charge in [0.1, 0.15) is 18.0 Å². The maximum atomic E-state index is 11.6. The lowest BCUT2D eigenvalue weighted by atomic mass is 10.2. The average molecular weight is 306 g/mol. The molecule has 0 unspecified atom stereocenters. The minimum Gasteiger partial charge on any atom is -0.658 e. The second-order valence-corrected chi connectivity index (χ2v) is 5.76. The summed E-state index contributed by atoms with van der Waals surface area (Å²) in [4.78, 5) is 44.9. The molecular formula is C9H13N3O7P-. The smallest absolute Gasteiger partial charge is 0.351 e. The molecule has 0 radical (unpaired) electrons. The SMILES string of the molecule is Nc1ccn([C@@H]2OC[C@H](OC[P+]([O-])([O-])O)[C@H]2O)c(=O)n1.